The van der Waals surface area contributed by atoms with Crippen molar-refractivity contribution in [3.63, 3.8) is 0 Å². The average molecular weight is 438 g/mol. The summed E-state index contributed by atoms with van der Waals surface area (Å²) in [6.07, 6.45) is 7.21. The van der Waals surface area contributed by atoms with E-state index in [1.165, 1.54) is 30.4 Å². The molecule has 2 aliphatic heterocycles. The Balaban J connectivity index is 1.28. The van der Waals surface area contributed by atoms with E-state index in [0.717, 1.165) is 44.3 Å². The number of nitrogens with zero attached hydrogens (tertiary/aromatic N) is 3. The van der Waals surface area contributed by atoms with Crippen LogP contribution in [0.5, 0.6) is 0 Å². The fourth-order valence-corrected chi connectivity index (χ4v) is 4.57. The minimum atomic E-state index is 0.205. The van der Waals surface area contributed by atoms with Gasteiger partial charge in [-0.2, -0.15) is 0 Å². The zero-order chi connectivity index (χ0) is 22.2. The Bertz CT molecular complexity index is 872. The molecule has 1 unspecified atom stereocenters. The number of benzene rings is 1. The van der Waals surface area contributed by atoms with Crippen LogP contribution in [0.25, 0.3) is 0 Å². The molecule has 2 saturated heterocycles. The number of likely N-dealkylation sites (tertiary alicyclic amines) is 2. The number of rotatable bonds is 8. The molecule has 1 amide bonds. The Labute approximate surface area is 190 Å². The Hall–Kier alpha value is -2.80. The van der Waals surface area contributed by atoms with Gasteiger partial charge in [0.05, 0.1) is 12.3 Å². The van der Waals surface area contributed by atoms with Crippen molar-refractivity contribution in [3.05, 3.63) is 59.5 Å². The maximum atomic E-state index is 11.8. The number of amides is 1. The summed E-state index contributed by atoms with van der Waals surface area (Å²) >= 11 is 0. The van der Waals surface area contributed by atoms with E-state index >= 15 is 0 Å². The van der Waals surface area contributed by atoms with Gasteiger partial charge in [0, 0.05) is 39.6 Å². The van der Waals surface area contributed by atoms with Gasteiger partial charge >= 0.3 is 0 Å². The second-order valence-electron chi connectivity index (χ2n) is 8.67. The lowest BCUT2D eigenvalue weighted by molar-refractivity contribution is -0.128. The predicted octanol–water partition coefficient (Wildman–Crippen LogP) is 3.29. The molecule has 2 aromatic rings. The van der Waals surface area contributed by atoms with E-state index in [1.807, 2.05) is 11.0 Å². The molecule has 2 fully saturated rings. The molecule has 0 saturated carbocycles. The van der Waals surface area contributed by atoms with Crippen molar-refractivity contribution in [3.8, 4) is 0 Å². The highest BCUT2D eigenvalue weighted by atomic mass is 16.3. The van der Waals surface area contributed by atoms with Crippen molar-refractivity contribution in [1.29, 1.82) is 0 Å². The molecule has 2 N–H and O–H groups in total. The van der Waals surface area contributed by atoms with Gasteiger partial charge in [-0.15, -0.1) is 0 Å². The standard InChI is InChI=1S/C25H35N5O2/c1-26-25(28-18-22(23-7-6-16-32-23)29-13-3-2-4-14-29)27-17-20-9-11-21(12-10-20)19-30-15-5-8-24(30)31/h6-7,9-12,16,22H,2-5,8,13-15,17-19H2,1H3,(H2,26,27,28). The molecule has 3 heterocycles. The van der Waals surface area contributed by atoms with Crippen LogP contribution in [-0.2, 0) is 17.9 Å². The zero-order valence-electron chi connectivity index (χ0n) is 19.1. The van der Waals surface area contributed by atoms with E-state index in [4.69, 9.17) is 4.42 Å². The van der Waals surface area contributed by atoms with Gasteiger partial charge in [0.15, 0.2) is 5.96 Å². The first-order chi connectivity index (χ1) is 15.7. The number of furan rings is 1. The molecule has 1 aromatic heterocycles. The van der Waals surface area contributed by atoms with Crippen LogP contribution in [0.1, 0.15) is 55.0 Å². The minimum absolute atomic E-state index is 0.205. The fraction of sp³-hybridized carbons (Fsp3) is 0.520. The van der Waals surface area contributed by atoms with Crippen LogP contribution < -0.4 is 10.6 Å². The summed E-state index contributed by atoms with van der Waals surface area (Å²) in [6.45, 7) is 5.23. The Kier molecular flexibility index (Phi) is 7.82. The Morgan fingerprint density at radius 1 is 1.03 bits per heavy atom. The number of carbonyl (C=O) groups excluding carboxylic acids is 1. The first kappa shape index (κ1) is 22.4. The maximum Gasteiger partial charge on any atom is 0.222 e. The van der Waals surface area contributed by atoms with E-state index in [2.05, 4.69) is 50.9 Å². The van der Waals surface area contributed by atoms with Crippen LogP contribution in [0.4, 0.5) is 0 Å². The zero-order valence-corrected chi connectivity index (χ0v) is 19.1. The lowest BCUT2D eigenvalue weighted by Crippen LogP contribution is -2.44. The second-order valence-corrected chi connectivity index (χ2v) is 8.67. The molecule has 0 bridgehead atoms. The van der Waals surface area contributed by atoms with Crippen LogP contribution in [0, 0.1) is 0 Å². The molecule has 2 aliphatic rings. The molecule has 0 spiro atoms. The number of nitrogens with one attached hydrogen (secondary N) is 2. The van der Waals surface area contributed by atoms with Gasteiger partial charge in [-0.05, 0) is 55.6 Å². The summed E-state index contributed by atoms with van der Waals surface area (Å²) in [4.78, 5) is 20.7. The summed E-state index contributed by atoms with van der Waals surface area (Å²) < 4.78 is 5.74. The largest absolute Gasteiger partial charge is 0.468 e. The number of hydrogen-bond donors (Lipinski definition) is 2. The van der Waals surface area contributed by atoms with Crippen molar-refractivity contribution in [2.75, 3.05) is 33.2 Å². The average Bonchev–Trinajstić information content (AvgIpc) is 3.50. The molecular formula is C25H35N5O2. The highest BCUT2D eigenvalue weighted by Gasteiger charge is 2.24. The molecule has 172 valence electrons. The molecule has 32 heavy (non-hydrogen) atoms. The fourth-order valence-electron chi connectivity index (χ4n) is 4.57. The highest BCUT2D eigenvalue weighted by molar-refractivity contribution is 5.79. The first-order valence-electron chi connectivity index (χ1n) is 11.8. The molecule has 0 radical (unpaired) electrons. The number of aliphatic imine (C=N–C) groups is 1. The maximum absolute atomic E-state index is 11.8. The van der Waals surface area contributed by atoms with Crippen LogP contribution in [0.3, 0.4) is 0 Å². The van der Waals surface area contributed by atoms with Gasteiger partial charge in [0.1, 0.15) is 5.76 Å². The van der Waals surface area contributed by atoms with Crippen LogP contribution in [0.2, 0.25) is 0 Å². The van der Waals surface area contributed by atoms with Crippen molar-refractivity contribution in [1.82, 2.24) is 20.4 Å². The predicted molar refractivity (Wildman–Crippen MR) is 126 cm³/mol. The molecule has 1 aromatic carbocycles. The van der Waals surface area contributed by atoms with Crippen molar-refractivity contribution < 1.29 is 9.21 Å². The third-order valence-corrected chi connectivity index (χ3v) is 6.42. The van der Waals surface area contributed by atoms with Crippen LogP contribution in [0.15, 0.2) is 52.1 Å². The Morgan fingerprint density at radius 3 is 2.47 bits per heavy atom. The SMILES string of the molecule is CN=C(NCc1ccc(CN2CCCC2=O)cc1)NCC(c1ccco1)N1CCCCC1. The summed E-state index contributed by atoms with van der Waals surface area (Å²) in [6, 6.07) is 12.7. The summed E-state index contributed by atoms with van der Waals surface area (Å²) in [5.74, 6) is 2.05. The summed E-state index contributed by atoms with van der Waals surface area (Å²) in [5, 5.41) is 6.90. The quantitative estimate of drug-likeness (QED) is 0.490. The molecular weight excluding hydrogens is 402 g/mol. The van der Waals surface area contributed by atoms with E-state index < -0.39 is 0 Å². The lowest BCUT2D eigenvalue weighted by atomic mass is 10.1. The number of guanidine groups is 1. The lowest BCUT2D eigenvalue weighted by Gasteiger charge is -2.33. The van der Waals surface area contributed by atoms with Gasteiger partial charge in [-0.1, -0.05) is 30.7 Å². The molecule has 7 heteroatoms. The summed E-state index contributed by atoms with van der Waals surface area (Å²) in [5.41, 5.74) is 2.36. The minimum Gasteiger partial charge on any atom is -0.468 e. The number of piperidine rings is 1. The van der Waals surface area contributed by atoms with Crippen molar-refractivity contribution in [2.24, 2.45) is 4.99 Å². The van der Waals surface area contributed by atoms with Gasteiger partial charge in [0.25, 0.3) is 0 Å². The molecule has 0 aliphatic carbocycles. The van der Waals surface area contributed by atoms with Crippen molar-refractivity contribution >= 4 is 11.9 Å². The molecule has 1 atom stereocenters. The van der Waals surface area contributed by atoms with E-state index in [1.54, 1.807) is 13.3 Å². The third-order valence-electron chi connectivity index (χ3n) is 6.42. The normalized spacial score (nSPS) is 18.7. The topological polar surface area (TPSA) is 73.1 Å². The number of carbonyl (C=O) groups is 1. The number of hydrogen-bond acceptors (Lipinski definition) is 4. The van der Waals surface area contributed by atoms with Gasteiger partial charge in [-0.3, -0.25) is 14.7 Å². The highest BCUT2D eigenvalue weighted by Crippen LogP contribution is 2.24. The van der Waals surface area contributed by atoms with Crippen LogP contribution in [-0.4, -0.2) is 54.9 Å². The van der Waals surface area contributed by atoms with Gasteiger partial charge in [0.2, 0.25) is 5.91 Å². The van der Waals surface area contributed by atoms with E-state index in [9.17, 15) is 4.79 Å². The van der Waals surface area contributed by atoms with Gasteiger partial charge in [-0.25, -0.2) is 0 Å². The Morgan fingerprint density at radius 2 is 1.81 bits per heavy atom. The van der Waals surface area contributed by atoms with E-state index in [-0.39, 0.29) is 11.9 Å². The summed E-state index contributed by atoms with van der Waals surface area (Å²) in [7, 11) is 1.80. The van der Waals surface area contributed by atoms with Crippen LogP contribution >= 0.6 is 0 Å². The third kappa shape index (κ3) is 5.91. The van der Waals surface area contributed by atoms with Gasteiger partial charge < -0.3 is 20.0 Å². The monoisotopic (exact) mass is 437 g/mol. The first-order valence-corrected chi connectivity index (χ1v) is 11.8. The molecule has 4 rings (SSSR count). The smallest absolute Gasteiger partial charge is 0.222 e. The molecule has 7 nitrogen and oxygen atoms in total. The van der Waals surface area contributed by atoms with E-state index in [0.29, 0.717) is 19.5 Å². The second kappa shape index (κ2) is 11.2. The van der Waals surface area contributed by atoms with Crippen molar-refractivity contribution in [2.45, 2.75) is 51.2 Å².